The molecule has 104 heavy (non-hydrogen) atoms. The van der Waals surface area contributed by atoms with Crippen LogP contribution in [0.3, 0.4) is 0 Å². The van der Waals surface area contributed by atoms with Crippen molar-refractivity contribution >= 4 is 112 Å². The second-order valence-electron chi connectivity index (χ2n) is 29.4. The van der Waals surface area contributed by atoms with E-state index in [0.29, 0.717) is 102 Å². The standard InChI is InChI=1S/C75H109Br2N11O15S/c1-17-46(6)65(60(100-15)40-62(90)88-36-21-24-59(88)66(101-16)47(7)67(91)82-56(38-49-22-19-18-20-23-49)70(94)85-104(98,99)53-30-31-53)86(13)72(96)63(44(2)3)83-71(95)64(45(4)5)87(14)73(97)102-43-50-25-28-52(29-26-50)79-68(92)48(8)78-61(89)33-34-75(11,12)103-37-35-74(9,10)84-69(93)51-27-32-54-55(39-51)81-58(42-77)57(41-76)80-54/h18-20,22-23,25-29,32,39,44-48,53,56,59-60,63-66H,17,21,24,30-31,33-38,40-43H2,1-16H3,(H,78,89)(H,79,92)(H,82,91)(H,83,95)(H,84,93)(H,85,94). The van der Waals surface area contributed by atoms with Crippen LogP contribution in [0.15, 0.2) is 72.8 Å². The molecule has 29 heteroatoms. The number of carbonyl (C=O) groups is 9. The lowest BCUT2D eigenvalue weighted by atomic mass is 9.89. The molecule has 0 bridgehead atoms. The molecule has 2 fully saturated rings. The Bertz CT molecular complexity index is 3730. The summed E-state index contributed by atoms with van der Waals surface area (Å²) in [6, 6.07) is 15.3. The van der Waals surface area contributed by atoms with Gasteiger partial charge in [0.25, 0.3) is 11.8 Å². The first kappa shape index (κ1) is 85.7. The molecule has 1 aromatic heterocycles. The average Bonchev–Trinajstić information content (AvgIpc) is 1.69. The molecule has 10 unspecified atom stereocenters. The minimum Gasteiger partial charge on any atom is -0.445 e. The Morgan fingerprint density at radius 3 is 1.95 bits per heavy atom. The van der Waals surface area contributed by atoms with Crippen molar-refractivity contribution in [2.24, 2.45) is 23.7 Å². The van der Waals surface area contributed by atoms with Gasteiger partial charge in [-0.15, -0.1) is 0 Å². The molecule has 2 heterocycles. The molecule has 26 nitrogen and oxygen atoms in total. The smallest absolute Gasteiger partial charge is 0.410 e. The Kier molecular flexibility index (Phi) is 32.1. The summed E-state index contributed by atoms with van der Waals surface area (Å²) >= 11 is 6.92. The van der Waals surface area contributed by atoms with Crippen LogP contribution in [-0.2, 0) is 86.2 Å². The van der Waals surface area contributed by atoms with Gasteiger partial charge >= 0.3 is 6.09 Å². The lowest BCUT2D eigenvalue weighted by Crippen LogP contribution is -2.60. The van der Waals surface area contributed by atoms with Gasteiger partial charge in [0.2, 0.25) is 45.5 Å². The number of anilines is 1. The third-order valence-corrected chi connectivity index (χ3v) is 22.4. The maximum Gasteiger partial charge on any atom is 0.410 e. The summed E-state index contributed by atoms with van der Waals surface area (Å²) in [5.41, 5.74) is 3.78. The molecule has 574 valence electrons. The van der Waals surface area contributed by atoms with Crippen molar-refractivity contribution in [3.05, 3.63) is 101 Å². The van der Waals surface area contributed by atoms with Crippen molar-refractivity contribution in [2.75, 3.05) is 46.8 Å². The SMILES string of the molecule is CCC(C)C(C(CC(=O)N1CCCC1C(OC)C(C)C(=O)NC(Cc1ccccc1)C(=O)NS(=O)(=O)C1CC1)OC)N(C)C(=O)C(NC(=O)C(C(C)C)N(C)C(=O)OCc1ccc(NC(=O)C(C)NC(=O)CCC(C)(C)OCCC(C)(C)NC(=O)c2ccc3nc(CBr)c(CBr)nc3c2)cc1)C(C)C. The van der Waals surface area contributed by atoms with E-state index in [1.807, 2.05) is 41.5 Å². The van der Waals surface area contributed by atoms with Crippen LogP contribution >= 0.6 is 31.9 Å². The van der Waals surface area contributed by atoms with E-state index in [0.717, 1.165) is 11.4 Å². The number of ether oxygens (including phenoxy) is 4. The zero-order valence-corrected chi connectivity index (χ0v) is 67.1. The minimum atomic E-state index is -3.92. The van der Waals surface area contributed by atoms with Crippen molar-refractivity contribution in [3.63, 3.8) is 0 Å². The first-order valence-electron chi connectivity index (χ1n) is 35.8. The number of likely N-dealkylation sites (N-methyl/N-ethyl adjacent to an activating group) is 2. The molecule has 6 rings (SSSR count). The number of likely N-dealkylation sites (tertiary alicyclic amines) is 1. The van der Waals surface area contributed by atoms with Crippen molar-refractivity contribution in [1.29, 1.82) is 0 Å². The molecule has 1 aliphatic heterocycles. The van der Waals surface area contributed by atoms with Gasteiger partial charge in [0.05, 0.1) is 69.9 Å². The van der Waals surface area contributed by atoms with E-state index in [2.05, 4.69) is 68.1 Å². The molecule has 10 atom stereocenters. The highest BCUT2D eigenvalue weighted by Crippen LogP contribution is 2.32. The van der Waals surface area contributed by atoms with E-state index in [4.69, 9.17) is 23.9 Å². The van der Waals surface area contributed by atoms with Gasteiger partial charge in [-0.3, -0.25) is 48.0 Å². The highest BCUT2D eigenvalue weighted by Gasteiger charge is 2.45. The van der Waals surface area contributed by atoms with E-state index >= 15 is 0 Å². The highest BCUT2D eigenvalue weighted by molar-refractivity contribution is 9.09. The Balaban J connectivity index is 0.972. The molecule has 2 aliphatic rings. The number of fused-ring (bicyclic) bond motifs is 1. The van der Waals surface area contributed by atoms with E-state index in [-0.39, 0.29) is 49.5 Å². The van der Waals surface area contributed by atoms with Crippen molar-refractivity contribution < 1.29 is 70.5 Å². The fourth-order valence-corrected chi connectivity index (χ4v) is 15.2. The number of hydrogen-bond acceptors (Lipinski definition) is 17. The molecule has 1 aliphatic carbocycles. The number of alkyl halides is 2. The monoisotopic (exact) mass is 1590 g/mol. The molecule has 3 aromatic carbocycles. The average molecular weight is 1600 g/mol. The van der Waals surface area contributed by atoms with Crippen molar-refractivity contribution in [3.8, 4) is 0 Å². The number of sulfonamides is 1. The first-order valence-corrected chi connectivity index (χ1v) is 39.6. The summed E-state index contributed by atoms with van der Waals surface area (Å²) < 4.78 is 51.9. The Morgan fingerprint density at radius 2 is 1.37 bits per heavy atom. The van der Waals surface area contributed by atoms with Gasteiger partial charge in [0, 0.05) is 81.8 Å². The fourth-order valence-electron chi connectivity index (χ4n) is 12.9. The maximum atomic E-state index is 14.9. The van der Waals surface area contributed by atoms with Crippen molar-refractivity contribution in [1.82, 2.24) is 50.7 Å². The number of benzene rings is 3. The molecule has 9 amide bonds. The number of aromatic nitrogens is 2. The normalized spacial score (nSPS) is 16.8. The van der Waals surface area contributed by atoms with Gasteiger partial charge in [-0.25, -0.2) is 23.2 Å². The second kappa shape index (κ2) is 38.9. The number of halogens is 2. The van der Waals surface area contributed by atoms with Gasteiger partial charge in [-0.2, -0.15) is 0 Å². The van der Waals surface area contributed by atoms with E-state index < -0.39 is 128 Å². The summed E-state index contributed by atoms with van der Waals surface area (Å²) in [7, 11) is 2.07. The number of nitrogens with zero attached hydrogens (tertiary/aromatic N) is 5. The molecular formula is C75H109Br2N11O15S. The van der Waals surface area contributed by atoms with E-state index in [1.54, 1.807) is 126 Å². The van der Waals surface area contributed by atoms with Crippen LogP contribution < -0.4 is 31.3 Å². The van der Waals surface area contributed by atoms with E-state index in [1.165, 1.54) is 31.1 Å². The summed E-state index contributed by atoms with van der Waals surface area (Å²) in [6.45, 7) is 22.3. The van der Waals surface area contributed by atoms with Crippen LogP contribution in [0, 0.1) is 23.7 Å². The first-order chi connectivity index (χ1) is 49.0. The van der Waals surface area contributed by atoms with Crippen LogP contribution in [-0.4, -0.2) is 193 Å². The zero-order valence-electron chi connectivity index (χ0n) is 63.1. The van der Waals surface area contributed by atoms with Gasteiger partial charge in [-0.05, 0) is 132 Å². The van der Waals surface area contributed by atoms with Crippen LogP contribution in [0.2, 0.25) is 0 Å². The molecule has 1 saturated carbocycles. The minimum absolute atomic E-state index is 0.0261. The molecule has 0 radical (unpaired) electrons. The number of carbonyl (C=O) groups excluding carboxylic acids is 9. The fraction of sp³-hybridized carbons (Fsp3) is 0.613. The van der Waals surface area contributed by atoms with Crippen molar-refractivity contribution in [2.45, 2.75) is 229 Å². The number of rotatable bonds is 39. The third kappa shape index (κ3) is 24.2. The Labute approximate surface area is 630 Å². The van der Waals surface area contributed by atoms with Gasteiger partial charge in [-0.1, -0.05) is 129 Å². The largest absolute Gasteiger partial charge is 0.445 e. The lowest BCUT2D eigenvalue weighted by molar-refractivity contribution is -0.148. The van der Waals surface area contributed by atoms with E-state index in [9.17, 15) is 51.6 Å². The molecule has 4 aromatic rings. The molecular weight excluding hydrogens is 1490 g/mol. The van der Waals surface area contributed by atoms with Gasteiger partial charge in [0.15, 0.2) is 0 Å². The Morgan fingerprint density at radius 1 is 0.721 bits per heavy atom. The number of amides is 9. The summed E-state index contributed by atoms with van der Waals surface area (Å²) in [6.07, 6.45) is 0.938. The second-order valence-corrected chi connectivity index (χ2v) is 32.5. The number of methoxy groups -OCH3 is 2. The predicted octanol–water partition coefficient (Wildman–Crippen LogP) is 9.03. The van der Waals surface area contributed by atoms with Crippen LogP contribution in [0.1, 0.15) is 174 Å². The quantitative estimate of drug-likeness (QED) is 0.0227. The number of nitrogens with one attached hydrogen (secondary N) is 6. The molecule has 6 N–H and O–H groups in total. The molecule has 1 saturated heterocycles. The number of hydrogen-bond donors (Lipinski definition) is 6. The maximum absolute atomic E-state index is 14.9. The Hall–Kier alpha value is -7.18. The highest BCUT2D eigenvalue weighted by atomic mass is 79.9. The predicted molar refractivity (Wildman–Crippen MR) is 405 cm³/mol. The topological polar surface area (TPSA) is 332 Å². The zero-order chi connectivity index (χ0) is 77.1. The summed E-state index contributed by atoms with van der Waals surface area (Å²) in [4.78, 5) is 139. The van der Waals surface area contributed by atoms with Gasteiger partial charge in [0.1, 0.15) is 30.8 Å². The van der Waals surface area contributed by atoms with Crippen LogP contribution in [0.5, 0.6) is 0 Å². The summed E-state index contributed by atoms with van der Waals surface area (Å²) in [5.74, 6) is -5.77. The van der Waals surface area contributed by atoms with Crippen LogP contribution in [0.4, 0.5) is 10.5 Å². The third-order valence-electron chi connectivity index (χ3n) is 19.5. The lowest BCUT2D eigenvalue weighted by Gasteiger charge is -2.41. The summed E-state index contributed by atoms with van der Waals surface area (Å²) in [5, 5.41) is 14.8. The molecule has 0 spiro atoms. The van der Waals surface area contributed by atoms with Crippen LogP contribution in [0.25, 0.3) is 11.0 Å². The van der Waals surface area contributed by atoms with Gasteiger partial charge < -0.3 is 55.3 Å².